The molecule has 2 heterocycles. The normalized spacial score (nSPS) is 12.2. The minimum Gasteiger partial charge on any atom is -0.366 e. The van der Waals surface area contributed by atoms with Crippen molar-refractivity contribution in [2.45, 2.75) is 6.18 Å². The number of benzene rings is 1. The molecule has 0 aliphatic heterocycles. The number of aromatic nitrogens is 2. The number of fused-ring (bicyclic) bond motifs is 1. The SMILES string of the molecule is NC(=O)C=Cc1c[nH]c2ncc(-c3cc(F)cc(C(F)(F)F)c3)cc12. The van der Waals surface area contributed by atoms with E-state index >= 15 is 0 Å². The number of carbonyl (C=O) groups excluding carboxylic acids is 1. The highest BCUT2D eigenvalue weighted by Crippen LogP contribution is 2.34. The average Bonchev–Trinajstić information content (AvgIpc) is 2.93. The zero-order valence-electron chi connectivity index (χ0n) is 12.6. The van der Waals surface area contributed by atoms with E-state index in [2.05, 4.69) is 9.97 Å². The molecule has 1 amide bonds. The van der Waals surface area contributed by atoms with Crippen LogP contribution in [-0.4, -0.2) is 15.9 Å². The molecule has 1 aromatic carbocycles. The van der Waals surface area contributed by atoms with Crippen LogP contribution in [0.3, 0.4) is 0 Å². The summed E-state index contributed by atoms with van der Waals surface area (Å²) in [6.07, 6.45) is 0.874. The van der Waals surface area contributed by atoms with E-state index in [1.54, 1.807) is 12.3 Å². The van der Waals surface area contributed by atoms with Crippen molar-refractivity contribution in [1.29, 1.82) is 0 Å². The Hall–Kier alpha value is -3.16. The van der Waals surface area contributed by atoms with Gasteiger partial charge >= 0.3 is 6.18 Å². The maximum atomic E-state index is 13.6. The Morgan fingerprint density at radius 3 is 2.60 bits per heavy atom. The lowest BCUT2D eigenvalue weighted by Crippen LogP contribution is -2.05. The van der Waals surface area contributed by atoms with Gasteiger partial charge < -0.3 is 10.7 Å². The van der Waals surface area contributed by atoms with Gasteiger partial charge in [-0.05, 0) is 35.9 Å². The lowest BCUT2D eigenvalue weighted by molar-refractivity contribution is -0.137. The lowest BCUT2D eigenvalue weighted by atomic mass is 10.0. The van der Waals surface area contributed by atoms with Crippen molar-refractivity contribution < 1.29 is 22.4 Å². The van der Waals surface area contributed by atoms with Gasteiger partial charge in [-0.1, -0.05) is 0 Å². The number of hydrogen-bond donors (Lipinski definition) is 2. The fourth-order valence-electron chi connectivity index (χ4n) is 2.41. The van der Waals surface area contributed by atoms with Crippen LogP contribution >= 0.6 is 0 Å². The van der Waals surface area contributed by atoms with E-state index in [4.69, 9.17) is 5.73 Å². The number of rotatable bonds is 3. The van der Waals surface area contributed by atoms with Crippen LogP contribution in [0, 0.1) is 5.82 Å². The zero-order chi connectivity index (χ0) is 18.2. The quantitative estimate of drug-likeness (QED) is 0.556. The molecule has 0 saturated carbocycles. The molecule has 3 rings (SSSR count). The van der Waals surface area contributed by atoms with Crippen LogP contribution in [0.5, 0.6) is 0 Å². The van der Waals surface area contributed by atoms with Crippen molar-refractivity contribution in [2.24, 2.45) is 5.73 Å². The van der Waals surface area contributed by atoms with E-state index < -0.39 is 23.5 Å². The van der Waals surface area contributed by atoms with Gasteiger partial charge in [0.2, 0.25) is 5.91 Å². The van der Waals surface area contributed by atoms with Gasteiger partial charge in [0.25, 0.3) is 0 Å². The number of amides is 1. The van der Waals surface area contributed by atoms with Crippen molar-refractivity contribution in [3.05, 3.63) is 59.7 Å². The van der Waals surface area contributed by atoms with Crippen LogP contribution in [0.25, 0.3) is 28.2 Å². The summed E-state index contributed by atoms with van der Waals surface area (Å²) >= 11 is 0. The molecule has 0 atom stereocenters. The van der Waals surface area contributed by atoms with Crippen molar-refractivity contribution in [2.75, 3.05) is 0 Å². The first-order chi connectivity index (χ1) is 11.7. The number of primary amides is 1. The summed E-state index contributed by atoms with van der Waals surface area (Å²) in [5.74, 6) is -1.63. The molecule has 25 heavy (non-hydrogen) atoms. The third-order valence-corrected chi connectivity index (χ3v) is 3.55. The number of hydrogen-bond acceptors (Lipinski definition) is 2. The van der Waals surface area contributed by atoms with Crippen molar-refractivity contribution in [3.8, 4) is 11.1 Å². The molecule has 0 unspecified atom stereocenters. The highest BCUT2D eigenvalue weighted by Gasteiger charge is 2.31. The number of halogens is 4. The summed E-state index contributed by atoms with van der Waals surface area (Å²) in [4.78, 5) is 17.8. The standard InChI is InChI=1S/C17H11F4N3O/c18-13-4-10(3-12(6-13)17(19,20)21)11-5-14-9(1-2-15(22)25)7-23-16(14)24-8-11/h1-8H,(H2,22,25)(H,23,24). The Labute approximate surface area is 139 Å². The zero-order valence-corrected chi connectivity index (χ0v) is 12.6. The summed E-state index contributed by atoms with van der Waals surface area (Å²) in [5, 5.41) is 0.563. The van der Waals surface area contributed by atoms with E-state index in [0.717, 1.165) is 18.2 Å². The second-order valence-corrected chi connectivity index (χ2v) is 5.33. The van der Waals surface area contributed by atoms with Gasteiger partial charge in [-0.3, -0.25) is 4.79 Å². The van der Waals surface area contributed by atoms with Crippen LogP contribution in [0.15, 0.2) is 42.7 Å². The number of alkyl halides is 3. The van der Waals surface area contributed by atoms with Crippen LogP contribution in [0.2, 0.25) is 0 Å². The molecule has 0 spiro atoms. The van der Waals surface area contributed by atoms with E-state index in [0.29, 0.717) is 28.2 Å². The largest absolute Gasteiger partial charge is 0.416 e. The summed E-state index contributed by atoms with van der Waals surface area (Å²) in [7, 11) is 0. The third kappa shape index (κ3) is 3.52. The molecule has 8 heteroatoms. The van der Waals surface area contributed by atoms with E-state index in [9.17, 15) is 22.4 Å². The van der Waals surface area contributed by atoms with Gasteiger partial charge in [0.1, 0.15) is 11.5 Å². The fourth-order valence-corrected chi connectivity index (χ4v) is 2.41. The van der Waals surface area contributed by atoms with Gasteiger partial charge in [-0.15, -0.1) is 0 Å². The third-order valence-electron chi connectivity index (χ3n) is 3.55. The minimum atomic E-state index is -4.65. The maximum absolute atomic E-state index is 13.6. The molecule has 0 saturated heterocycles. The fraction of sp³-hybridized carbons (Fsp3) is 0.0588. The number of H-pyrrole nitrogens is 1. The van der Waals surface area contributed by atoms with Gasteiger partial charge in [-0.25, -0.2) is 9.37 Å². The first-order valence-electron chi connectivity index (χ1n) is 7.07. The predicted molar refractivity (Wildman–Crippen MR) is 84.7 cm³/mol. The highest BCUT2D eigenvalue weighted by atomic mass is 19.4. The average molecular weight is 349 g/mol. The van der Waals surface area contributed by atoms with Gasteiger partial charge in [-0.2, -0.15) is 13.2 Å². The lowest BCUT2D eigenvalue weighted by Gasteiger charge is -2.09. The van der Waals surface area contributed by atoms with Gasteiger partial charge in [0.05, 0.1) is 5.56 Å². The van der Waals surface area contributed by atoms with E-state index in [1.807, 2.05) is 0 Å². The number of nitrogens with two attached hydrogens (primary N) is 1. The Morgan fingerprint density at radius 2 is 1.92 bits per heavy atom. The summed E-state index contributed by atoms with van der Waals surface area (Å²) in [5.41, 5.74) is 5.38. The van der Waals surface area contributed by atoms with Crippen LogP contribution < -0.4 is 5.73 Å². The minimum absolute atomic E-state index is 0.0488. The number of pyridine rings is 1. The molecular formula is C17H11F4N3O. The first-order valence-corrected chi connectivity index (χ1v) is 7.07. The molecular weight excluding hydrogens is 338 g/mol. The molecule has 0 aliphatic carbocycles. The second kappa shape index (κ2) is 6.04. The molecule has 4 nitrogen and oxygen atoms in total. The Bertz CT molecular complexity index is 989. The Morgan fingerprint density at radius 1 is 1.16 bits per heavy atom. The highest BCUT2D eigenvalue weighted by molar-refractivity contribution is 5.95. The van der Waals surface area contributed by atoms with Crippen molar-refractivity contribution in [1.82, 2.24) is 9.97 Å². The predicted octanol–water partition coefficient (Wildman–Crippen LogP) is 3.89. The summed E-state index contributed by atoms with van der Waals surface area (Å²) < 4.78 is 52.2. The number of nitrogens with zero attached hydrogens (tertiary/aromatic N) is 1. The maximum Gasteiger partial charge on any atom is 0.416 e. The molecule has 0 bridgehead atoms. The van der Waals surface area contributed by atoms with Crippen LogP contribution in [0.4, 0.5) is 17.6 Å². The van der Waals surface area contributed by atoms with Gasteiger partial charge in [0, 0.05) is 35.0 Å². The Kier molecular flexibility index (Phi) is 4.03. The Balaban J connectivity index is 2.12. The van der Waals surface area contributed by atoms with Crippen LogP contribution in [-0.2, 0) is 11.0 Å². The number of aromatic amines is 1. The molecule has 128 valence electrons. The monoisotopic (exact) mass is 349 g/mol. The van der Waals surface area contributed by atoms with Crippen molar-refractivity contribution >= 4 is 23.0 Å². The number of carbonyl (C=O) groups is 1. The second-order valence-electron chi connectivity index (χ2n) is 5.33. The van der Waals surface area contributed by atoms with Gasteiger partial charge in [0.15, 0.2) is 0 Å². The molecule has 3 N–H and O–H groups in total. The molecule has 0 aliphatic rings. The topological polar surface area (TPSA) is 71.8 Å². The van der Waals surface area contributed by atoms with E-state index in [-0.39, 0.29) is 5.56 Å². The van der Waals surface area contributed by atoms with Crippen LogP contribution in [0.1, 0.15) is 11.1 Å². The van der Waals surface area contributed by atoms with Crippen molar-refractivity contribution in [3.63, 3.8) is 0 Å². The molecule has 2 aromatic heterocycles. The molecule has 0 fully saturated rings. The van der Waals surface area contributed by atoms with E-state index in [1.165, 1.54) is 12.3 Å². The summed E-state index contributed by atoms with van der Waals surface area (Å²) in [6, 6.07) is 3.86. The molecule has 3 aromatic rings. The molecule has 0 radical (unpaired) electrons. The smallest absolute Gasteiger partial charge is 0.366 e. The number of nitrogens with one attached hydrogen (secondary N) is 1. The first kappa shape index (κ1) is 16.7. The summed E-state index contributed by atoms with van der Waals surface area (Å²) in [6.45, 7) is 0.